The normalized spacial score (nSPS) is 27.0. The molecule has 118 valence electrons. The molecular weight excluding hydrogens is 282 g/mol. The first-order valence-corrected chi connectivity index (χ1v) is 6.75. The maximum absolute atomic E-state index is 12.5. The number of imide groups is 1. The average Bonchev–Trinajstić information content (AvgIpc) is 2.86. The molecule has 8 nitrogen and oxygen atoms in total. The highest BCUT2D eigenvalue weighted by Gasteiger charge is 2.64. The highest BCUT2D eigenvalue weighted by Crippen LogP contribution is 2.48. The van der Waals surface area contributed by atoms with E-state index in [1.807, 2.05) is 0 Å². The summed E-state index contributed by atoms with van der Waals surface area (Å²) >= 11 is 0. The van der Waals surface area contributed by atoms with Crippen molar-refractivity contribution >= 4 is 18.0 Å². The number of methoxy groups -OCH3 is 2. The van der Waals surface area contributed by atoms with E-state index in [1.54, 1.807) is 6.92 Å². The molecule has 2 aliphatic rings. The van der Waals surface area contributed by atoms with Crippen molar-refractivity contribution in [3.8, 4) is 0 Å². The summed E-state index contributed by atoms with van der Waals surface area (Å²) in [7, 11) is 2.79. The molecule has 0 radical (unpaired) electrons. The van der Waals surface area contributed by atoms with Crippen LogP contribution >= 0.6 is 0 Å². The molecule has 21 heavy (non-hydrogen) atoms. The molecule has 1 saturated heterocycles. The molecule has 0 aromatic rings. The van der Waals surface area contributed by atoms with E-state index < -0.39 is 35.6 Å². The van der Waals surface area contributed by atoms with Crippen LogP contribution in [0.5, 0.6) is 0 Å². The summed E-state index contributed by atoms with van der Waals surface area (Å²) in [5, 5.41) is 0. The number of cyclic esters (lactones) is 1. The van der Waals surface area contributed by atoms with E-state index >= 15 is 0 Å². The molecular formula is C13H19NO7. The first kappa shape index (κ1) is 15.7. The number of hydrogen-bond donors (Lipinski definition) is 0. The lowest BCUT2D eigenvalue weighted by molar-refractivity contribution is -0.301. The van der Waals surface area contributed by atoms with E-state index in [4.69, 9.17) is 18.9 Å². The fourth-order valence-corrected chi connectivity index (χ4v) is 2.79. The van der Waals surface area contributed by atoms with Crippen LogP contribution in [0.25, 0.3) is 0 Å². The number of carbonyl (C=O) groups is 3. The number of rotatable bonds is 5. The molecule has 1 aliphatic heterocycles. The largest absolute Gasteiger partial charge is 0.466 e. The van der Waals surface area contributed by atoms with Gasteiger partial charge in [0, 0.05) is 20.6 Å². The molecule has 8 heteroatoms. The molecule has 1 aliphatic carbocycles. The standard InChI is InChI=1S/C13H19NO7/c1-4-20-11(16)8-7-13(18-2,19-3)9(8)10(15)14-5-6-21-12(14)17/h8-9H,4-7H2,1-3H3. The molecule has 0 aromatic carbocycles. The van der Waals surface area contributed by atoms with Crippen molar-refractivity contribution in [1.82, 2.24) is 4.90 Å². The van der Waals surface area contributed by atoms with Crippen molar-refractivity contribution in [2.45, 2.75) is 19.1 Å². The van der Waals surface area contributed by atoms with Crippen molar-refractivity contribution in [2.24, 2.45) is 11.8 Å². The van der Waals surface area contributed by atoms with E-state index in [0.29, 0.717) is 0 Å². The Morgan fingerprint density at radius 3 is 2.52 bits per heavy atom. The van der Waals surface area contributed by atoms with Crippen molar-refractivity contribution in [1.29, 1.82) is 0 Å². The highest BCUT2D eigenvalue weighted by molar-refractivity contribution is 5.97. The van der Waals surface area contributed by atoms with Gasteiger partial charge >= 0.3 is 12.1 Å². The van der Waals surface area contributed by atoms with Gasteiger partial charge in [-0.05, 0) is 6.92 Å². The van der Waals surface area contributed by atoms with Gasteiger partial charge in [0.2, 0.25) is 5.91 Å². The molecule has 2 rings (SSSR count). The number of carbonyl (C=O) groups excluding carboxylic acids is 3. The Kier molecular flexibility index (Phi) is 4.48. The van der Waals surface area contributed by atoms with Gasteiger partial charge in [-0.2, -0.15) is 0 Å². The van der Waals surface area contributed by atoms with Gasteiger partial charge in [-0.1, -0.05) is 0 Å². The molecule has 1 saturated carbocycles. The van der Waals surface area contributed by atoms with Gasteiger partial charge in [0.15, 0.2) is 5.79 Å². The highest BCUT2D eigenvalue weighted by atomic mass is 16.7. The summed E-state index contributed by atoms with van der Waals surface area (Å²) in [6.07, 6.45) is -0.506. The van der Waals surface area contributed by atoms with Crippen LogP contribution in [0, 0.1) is 11.8 Å². The van der Waals surface area contributed by atoms with Crippen molar-refractivity contribution in [2.75, 3.05) is 34.0 Å². The van der Waals surface area contributed by atoms with Crippen molar-refractivity contribution in [3.05, 3.63) is 0 Å². The van der Waals surface area contributed by atoms with Crippen LogP contribution in [-0.2, 0) is 28.5 Å². The Labute approximate surface area is 122 Å². The van der Waals surface area contributed by atoms with Crippen LogP contribution in [0.15, 0.2) is 0 Å². The maximum atomic E-state index is 12.5. The van der Waals surface area contributed by atoms with Crippen molar-refractivity contribution in [3.63, 3.8) is 0 Å². The second-order valence-corrected chi connectivity index (χ2v) is 4.86. The van der Waals surface area contributed by atoms with Crippen LogP contribution in [0.4, 0.5) is 4.79 Å². The fraction of sp³-hybridized carbons (Fsp3) is 0.769. The number of hydrogen-bond acceptors (Lipinski definition) is 7. The zero-order chi connectivity index (χ0) is 15.6. The van der Waals surface area contributed by atoms with E-state index in [0.717, 1.165) is 4.90 Å². The van der Waals surface area contributed by atoms with E-state index in [1.165, 1.54) is 14.2 Å². The Morgan fingerprint density at radius 2 is 2.05 bits per heavy atom. The smallest absolute Gasteiger partial charge is 0.416 e. The van der Waals surface area contributed by atoms with Crippen molar-refractivity contribution < 1.29 is 33.3 Å². The van der Waals surface area contributed by atoms with Gasteiger partial charge in [-0.3, -0.25) is 9.59 Å². The van der Waals surface area contributed by atoms with Gasteiger partial charge in [0.05, 0.1) is 19.1 Å². The minimum atomic E-state index is -1.21. The number of nitrogens with zero attached hydrogens (tertiary/aromatic N) is 1. The van der Waals surface area contributed by atoms with Crippen LogP contribution in [-0.4, -0.2) is 62.6 Å². The average molecular weight is 301 g/mol. The third kappa shape index (κ3) is 2.49. The molecule has 2 unspecified atom stereocenters. The molecule has 0 bridgehead atoms. The fourth-order valence-electron chi connectivity index (χ4n) is 2.79. The van der Waals surface area contributed by atoms with Gasteiger partial charge in [-0.15, -0.1) is 0 Å². The van der Waals surface area contributed by atoms with E-state index in [-0.39, 0.29) is 26.2 Å². The monoisotopic (exact) mass is 301 g/mol. The zero-order valence-corrected chi connectivity index (χ0v) is 12.3. The molecule has 2 atom stereocenters. The number of ether oxygens (including phenoxy) is 4. The Morgan fingerprint density at radius 1 is 1.38 bits per heavy atom. The van der Waals surface area contributed by atoms with Crippen LogP contribution in [0.1, 0.15) is 13.3 Å². The summed E-state index contributed by atoms with van der Waals surface area (Å²) in [6, 6.07) is 0. The predicted molar refractivity (Wildman–Crippen MR) is 68.0 cm³/mol. The first-order valence-electron chi connectivity index (χ1n) is 6.75. The lowest BCUT2D eigenvalue weighted by atomic mass is 9.66. The van der Waals surface area contributed by atoms with Gasteiger partial charge < -0.3 is 18.9 Å². The molecule has 1 heterocycles. The Balaban J connectivity index is 2.21. The third-order valence-corrected chi connectivity index (χ3v) is 3.95. The van der Waals surface area contributed by atoms with Gasteiger partial charge in [-0.25, -0.2) is 9.69 Å². The maximum Gasteiger partial charge on any atom is 0.416 e. The molecule has 0 aromatic heterocycles. The summed E-state index contributed by atoms with van der Waals surface area (Å²) < 4.78 is 20.3. The molecule has 0 N–H and O–H groups in total. The summed E-state index contributed by atoms with van der Waals surface area (Å²) in [6.45, 7) is 2.21. The van der Waals surface area contributed by atoms with Gasteiger partial charge in [0.25, 0.3) is 0 Å². The van der Waals surface area contributed by atoms with E-state index in [9.17, 15) is 14.4 Å². The van der Waals surface area contributed by atoms with Crippen LogP contribution < -0.4 is 0 Å². The molecule has 2 amide bonds. The second-order valence-electron chi connectivity index (χ2n) is 4.86. The lowest BCUT2D eigenvalue weighted by Gasteiger charge is -2.50. The Hall–Kier alpha value is -1.67. The quantitative estimate of drug-likeness (QED) is 0.527. The van der Waals surface area contributed by atoms with E-state index in [2.05, 4.69) is 0 Å². The minimum absolute atomic E-state index is 0.147. The number of esters is 1. The second kappa shape index (κ2) is 5.98. The SMILES string of the molecule is CCOC(=O)C1CC(OC)(OC)C1C(=O)N1CCOC1=O. The summed E-state index contributed by atoms with van der Waals surface area (Å²) in [5.41, 5.74) is 0. The minimum Gasteiger partial charge on any atom is -0.466 e. The molecule has 2 fully saturated rings. The topological polar surface area (TPSA) is 91.4 Å². The number of amides is 2. The third-order valence-electron chi connectivity index (χ3n) is 3.95. The lowest BCUT2D eigenvalue weighted by Crippen LogP contribution is -2.64. The zero-order valence-electron chi connectivity index (χ0n) is 12.3. The predicted octanol–water partition coefficient (Wildman–Crippen LogP) is 0.153. The first-order chi connectivity index (χ1) is 10.0. The van der Waals surface area contributed by atoms with Crippen LogP contribution in [0.3, 0.4) is 0 Å². The summed E-state index contributed by atoms with van der Waals surface area (Å²) in [5.74, 6) is -3.85. The van der Waals surface area contributed by atoms with Gasteiger partial charge in [0.1, 0.15) is 12.5 Å². The van der Waals surface area contributed by atoms with Crippen LogP contribution in [0.2, 0.25) is 0 Å². The molecule has 0 spiro atoms. The Bertz CT molecular complexity index is 446. The summed E-state index contributed by atoms with van der Waals surface area (Å²) in [4.78, 5) is 37.0.